The maximum atomic E-state index is 11.9. The summed E-state index contributed by atoms with van der Waals surface area (Å²) >= 11 is 1.78. The molecule has 0 radical (unpaired) electrons. The fourth-order valence-electron chi connectivity index (χ4n) is 1.95. The number of amides is 1. The van der Waals surface area contributed by atoms with Crippen LogP contribution in [0.5, 0.6) is 0 Å². The van der Waals surface area contributed by atoms with Gasteiger partial charge < -0.3 is 10.0 Å². The first-order valence-electron chi connectivity index (χ1n) is 5.68. The lowest BCUT2D eigenvalue weighted by molar-refractivity contribution is -0.132. The smallest absolute Gasteiger partial charge is 0.222 e. The van der Waals surface area contributed by atoms with Crippen molar-refractivity contribution in [3.8, 4) is 0 Å². The van der Waals surface area contributed by atoms with Crippen LogP contribution in [0.3, 0.4) is 0 Å². The lowest BCUT2D eigenvalue weighted by Gasteiger charge is -2.27. The largest absolute Gasteiger partial charge is 0.393 e. The standard InChI is InChI=1S/C12H17NO2S/c1-9(14)2-3-12(15)13-6-4-11-10(8-13)5-7-16-11/h5,7,9,14H,2-4,6,8H2,1H3. The number of thiophene rings is 1. The molecule has 0 saturated heterocycles. The molecular formula is C12H17NO2S. The summed E-state index contributed by atoms with van der Waals surface area (Å²) in [6, 6.07) is 2.11. The molecule has 0 aliphatic carbocycles. The summed E-state index contributed by atoms with van der Waals surface area (Å²) in [4.78, 5) is 15.2. The third kappa shape index (κ3) is 2.62. The molecule has 1 N–H and O–H groups in total. The van der Waals surface area contributed by atoms with Gasteiger partial charge in [-0.1, -0.05) is 0 Å². The Bertz CT molecular complexity index is 373. The Kier molecular flexibility index (Phi) is 3.61. The van der Waals surface area contributed by atoms with Gasteiger partial charge in [0.15, 0.2) is 0 Å². The summed E-state index contributed by atoms with van der Waals surface area (Å²) in [6.45, 7) is 3.30. The van der Waals surface area contributed by atoms with Gasteiger partial charge in [-0.05, 0) is 36.8 Å². The minimum absolute atomic E-state index is 0.165. The fourth-order valence-corrected chi connectivity index (χ4v) is 2.84. The summed E-state index contributed by atoms with van der Waals surface area (Å²) < 4.78 is 0. The number of aliphatic hydroxyl groups excluding tert-OH is 1. The van der Waals surface area contributed by atoms with Crippen LogP contribution >= 0.6 is 11.3 Å². The summed E-state index contributed by atoms with van der Waals surface area (Å²) in [7, 11) is 0. The minimum Gasteiger partial charge on any atom is -0.393 e. The fraction of sp³-hybridized carbons (Fsp3) is 0.583. The number of hydrogen-bond acceptors (Lipinski definition) is 3. The van der Waals surface area contributed by atoms with Crippen LogP contribution < -0.4 is 0 Å². The monoisotopic (exact) mass is 239 g/mol. The summed E-state index contributed by atoms with van der Waals surface area (Å²) in [5.74, 6) is 0.165. The SMILES string of the molecule is CC(O)CCC(=O)N1CCc2sccc2C1. The van der Waals surface area contributed by atoms with Gasteiger partial charge in [0, 0.05) is 24.4 Å². The average Bonchev–Trinajstić information content (AvgIpc) is 2.72. The van der Waals surface area contributed by atoms with Crippen LogP contribution in [-0.4, -0.2) is 28.6 Å². The van der Waals surface area contributed by atoms with Gasteiger partial charge in [-0.3, -0.25) is 4.79 Å². The molecule has 1 aromatic heterocycles. The number of hydrogen-bond donors (Lipinski definition) is 1. The summed E-state index contributed by atoms with van der Waals surface area (Å²) in [5.41, 5.74) is 1.29. The highest BCUT2D eigenvalue weighted by Gasteiger charge is 2.21. The molecule has 1 aromatic rings. The van der Waals surface area contributed by atoms with Crippen molar-refractivity contribution >= 4 is 17.2 Å². The number of aliphatic hydroxyl groups is 1. The highest BCUT2D eigenvalue weighted by atomic mass is 32.1. The van der Waals surface area contributed by atoms with E-state index < -0.39 is 0 Å². The van der Waals surface area contributed by atoms with E-state index in [4.69, 9.17) is 5.11 Å². The number of carbonyl (C=O) groups is 1. The van der Waals surface area contributed by atoms with Crippen LogP contribution in [0, 0.1) is 0 Å². The zero-order valence-electron chi connectivity index (χ0n) is 9.48. The van der Waals surface area contributed by atoms with E-state index in [0.29, 0.717) is 12.8 Å². The third-order valence-electron chi connectivity index (χ3n) is 2.94. The van der Waals surface area contributed by atoms with Crippen molar-refractivity contribution in [3.63, 3.8) is 0 Å². The van der Waals surface area contributed by atoms with E-state index in [-0.39, 0.29) is 12.0 Å². The third-order valence-corrected chi connectivity index (χ3v) is 3.96. The van der Waals surface area contributed by atoms with E-state index in [2.05, 4.69) is 11.4 Å². The number of rotatable bonds is 3. The minimum atomic E-state index is -0.384. The van der Waals surface area contributed by atoms with E-state index in [1.54, 1.807) is 18.3 Å². The predicted molar refractivity (Wildman–Crippen MR) is 64.4 cm³/mol. The average molecular weight is 239 g/mol. The number of fused-ring (bicyclic) bond motifs is 1. The van der Waals surface area contributed by atoms with E-state index in [1.165, 1.54) is 10.4 Å². The van der Waals surface area contributed by atoms with Gasteiger partial charge >= 0.3 is 0 Å². The predicted octanol–water partition coefficient (Wildman–Crippen LogP) is 1.79. The Morgan fingerprint density at radius 2 is 2.50 bits per heavy atom. The van der Waals surface area contributed by atoms with Gasteiger partial charge in [0.2, 0.25) is 5.91 Å². The second-order valence-electron chi connectivity index (χ2n) is 4.32. The second kappa shape index (κ2) is 4.97. The highest BCUT2D eigenvalue weighted by molar-refractivity contribution is 7.10. The maximum absolute atomic E-state index is 11.9. The molecule has 16 heavy (non-hydrogen) atoms. The van der Waals surface area contributed by atoms with Crippen molar-refractivity contribution in [1.82, 2.24) is 4.90 Å². The molecule has 0 aromatic carbocycles. The van der Waals surface area contributed by atoms with Crippen molar-refractivity contribution in [2.45, 2.75) is 38.8 Å². The number of nitrogens with zero attached hydrogens (tertiary/aromatic N) is 1. The van der Waals surface area contributed by atoms with Gasteiger partial charge in [-0.2, -0.15) is 0 Å². The molecule has 0 fully saturated rings. The maximum Gasteiger partial charge on any atom is 0.222 e. The van der Waals surface area contributed by atoms with Crippen molar-refractivity contribution in [3.05, 3.63) is 21.9 Å². The van der Waals surface area contributed by atoms with Crippen LogP contribution in [-0.2, 0) is 17.8 Å². The highest BCUT2D eigenvalue weighted by Crippen LogP contribution is 2.24. The molecule has 1 aliphatic rings. The van der Waals surface area contributed by atoms with Crippen molar-refractivity contribution < 1.29 is 9.90 Å². The van der Waals surface area contributed by atoms with Gasteiger partial charge in [-0.25, -0.2) is 0 Å². The first-order valence-corrected chi connectivity index (χ1v) is 6.56. The van der Waals surface area contributed by atoms with E-state index in [1.807, 2.05) is 4.90 Å². The van der Waals surface area contributed by atoms with Gasteiger partial charge in [0.1, 0.15) is 0 Å². The van der Waals surface area contributed by atoms with E-state index in [9.17, 15) is 4.79 Å². The van der Waals surface area contributed by atoms with Crippen LogP contribution in [0.1, 0.15) is 30.2 Å². The quantitative estimate of drug-likeness (QED) is 0.873. The van der Waals surface area contributed by atoms with Crippen molar-refractivity contribution in [1.29, 1.82) is 0 Å². The molecule has 3 nitrogen and oxygen atoms in total. The summed E-state index contributed by atoms with van der Waals surface area (Å²) in [5, 5.41) is 11.2. The van der Waals surface area contributed by atoms with E-state index in [0.717, 1.165) is 19.5 Å². The molecule has 1 atom stereocenters. The Labute approximate surface area is 99.7 Å². The molecule has 0 saturated carbocycles. The molecule has 4 heteroatoms. The molecule has 88 valence electrons. The lowest BCUT2D eigenvalue weighted by Crippen LogP contribution is -2.35. The Balaban J connectivity index is 1.90. The molecule has 2 heterocycles. The normalized spacial score (nSPS) is 17.0. The molecule has 0 bridgehead atoms. The Morgan fingerprint density at radius 1 is 1.69 bits per heavy atom. The number of carbonyl (C=O) groups excluding carboxylic acids is 1. The first-order chi connectivity index (χ1) is 7.66. The molecular weight excluding hydrogens is 222 g/mol. The van der Waals surface area contributed by atoms with Crippen LogP contribution in [0.25, 0.3) is 0 Å². The zero-order valence-corrected chi connectivity index (χ0v) is 10.3. The molecule has 1 amide bonds. The Hall–Kier alpha value is -0.870. The van der Waals surface area contributed by atoms with Gasteiger partial charge in [-0.15, -0.1) is 11.3 Å². The van der Waals surface area contributed by atoms with Gasteiger partial charge in [0.05, 0.1) is 6.10 Å². The molecule has 0 spiro atoms. The van der Waals surface area contributed by atoms with Crippen LogP contribution in [0.15, 0.2) is 11.4 Å². The summed E-state index contributed by atoms with van der Waals surface area (Å²) in [6.07, 6.45) is 1.61. The van der Waals surface area contributed by atoms with Crippen molar-refractivity contribution in [2.75, 3.05) is 6.54 Å². The molecule has 1 unspecified atom stereocenters. The Morgan fingerprint density at radius 3 is 3.25 bits per heavy atom. The van der Waals surface area contributed by atoms with Crippen molar-refractivity contribution in [2.24, 2.45) is 0 Å². The molecule has 1 aliphatic heterocycles. The zero-order chi connectivity index (χ0) is 11.5. The lowest BCUT2D eigenvalue weighted by atomic mass is 10.1. The topological polar surface area (TPSA) is 40.5 Å². The second-order valence-corrected chi connectivity index (χ2v) is 5.32. The molecule has 2 rings (SSSR count). The van der Waals surface area contributed by atoms with E-state index >= 15 is 0 Å². The first kappa shape index (κ1) is 11.6. The van der Waals surface area contributed by atoms with Crippen LogP contribution in [0.2, 0.25) is 0 Å². The van der Waals surface area contributed by atoms with Gasteiger partial charge in [0.25, 0.3) is 0 Å². The van der Waals surface area contributed by atoms with Crippen LogP contribution in [0.4, 0.5) is 0 Å².